The fourth-order valence-electron chi connectivity index (χ4n) is 3.27. The van der Waals surface area contributed by atoms with Crippen molar-refractivity contribution in [3.8, 4) is 10.6 Å². The summed E-state index contributed by atoms with van der Waals surface area (Å²) in [5, 5.41) is 0.952. The second-order valence-electron chi connectivity index (χ2n) is 6.75. The highest BCUT2D eigenvalue weighted by atomic mass is 32.2. The molecule has 1 saturated heterocycles. The second-order valence-corrected chi connectivity index (χ2v) is 9.77. The summed E-state index contributed by atoms with van der Waals surface area (Å²) in [6.45, 7) is 2.25. The highest BCUT2D eigenvalue weighted by Crippen LogP contribution is 2.26. The smallest absolute Gasteiger partial charge is 0.246 e. The Morgan fingerprint density at radius 3 is 2.41 bits per heavy atom. The molecule has 0 unspecified atom stereocenters. The molecule has 0 N–H and O–H groups in total. The lowest BCUT2D eigenvalue weighted by molar-refractivity contribution is 0.182. The summed E-state index contributed by atoms with van der Waals surface area (Å²) in [4.78, 5) is 7.24. The van der Waals surface area contributed by atoms with Gasteiger partial charge in [0.05, 0.1) is 0 Å². The van der Waals surface area contributed by atoms with Gasteiger partial charge in [0, 0.05) is 55.4 Å². The van der Waals surface area contributed by atoms with Gasteiger partial charge in [0.2, 0.25) is 10.0 Å². The van der Waals surface area contributed by atoms with Crippen molar-refractivity contribution in [2.75, 3.05) is 26.2 Å². The molecule has 0 spiro atoms. The zero-order valence-electron chi connectivity index (χ0n) is 15.5. The first-order chi connectivity index (χ1) is 13.9. The van der Waals surface area contributed by atoms with Gasteiger partial charge in [0.1, 0.15) is 21.5 Å². The first-order valence-electron chi connectivity index (χ1n) is 9.11. The SMILES string of the molecule is O=S(=O)(c1ccc(F)cc1F)N1CCN(Cc2cnc(-c3ccccc3)s2)CC1. The third-order valence-corrected chi connectivity index (χ3v) is 7.76. The lowest BCUT2D eigenvalue weighted by atomic mass is 10.2. The van der Waals surface area contributed by atoms with E-state index in [-0.39, 0.29) is 13.1 Å². The van der Waals surface area contributed by atoms with Crippen molar-refractivity contribution in [2.45, 2.75) is 11.4 Å². The summed E-state index contributed by atoms with van der Waals surface area (Å²) < 4.78 is 53.6. The topological polar surface area (TPSA) is 53.5 Å². The van der Waals surface area contributed by atoms with Crippen LogP contribution in [0.5, 0.6) is 0 Å². The highest BCUT2D eigenvalue weighted by molar-refractivity contribution is 7.89. The van der Waals surface area contributed by atoms with Gasteiger partial charge < -0.3 is 0 Å². The molecule has 0 saturated carbocycles. The van der Waals surface area contributed by atoms with Crippen LogP contribution in [-0.4, -0.2) is 48.8 Å². The zero-order valence-corrected chi connectivity index (χ0v) is 17.1. The van der Waals surface area contributed by atoms with Gasteiger partial charge in [0.25, 0.3) is 0 Å². The van der Waals surface area contributed by atoms with Gasteiger partial charge in [-0.05, 0) is 12.1 Å². The summed E-state index contributed by atoms with van der Waals surface area (Å²) >= 11 is 1.62. The van der Waals surface area contributed by atoms with E-state index in [0.717, 1.165) is 27.6 Å². The van der Waals surface area contributed by atoms with Crippen molar-refractivity contribution in [1.29, 1.82) is 0 Å². The molecule has 5 nitrogen and oxygen atoms in total. The molecule has 1 aliphatic heterocycles. The fourth-order valence-corrected chi connectivity index (χ4v) is 5.69. The van der Waals surface area contributed by atoms with E-state index in [1.165, 1.54) is 4.31 Å². The molecule has 0 atom stereocenters. The molecule has 1 fully saturated rings. The van der Waals surface area contributed by atoms with Crippen LogP contribution in [0.1, 0.15) is 4.88 Å². The number of benzene rings is 2. The van der Waals surface area contributed by atoms with Gasteiger partial charge in [-0.2, -0.15) is 4.31 Å². The molecule has 9 heteroatoms. The Morgan fingerprint density at radius 1 is 1.00 bits per heavy atom. The molecule has 3 aromatic rings. The maximum absolute atomic E-state index is 13.9. The van der Waals surface area contributed by atoms with E-state index in [9.17, 15) is 17.2 Å². The van der Waals surface area contributed by atoms with E-state index in [4.69, 9.17) is 0 Å². The number of thiazole rings is 1. The maximum atomic E-state index is 13.9. The first-order valence-corrected chi connectivity index (χ1v) is 11.4. The Hall–Kier alpha value is -2.20. The molecular formula is C20H19F2N3O2S2. The Morgan fingerprint density at radius 2 is 1.72 bits per heavy atom. The van der Waals surface area contributed by atoms with E-state index in [0.29, 0.717) is 25.7 Å². The summed E-state index contributed by atoms with van der Waals surface area (Å²) in [6, 6.07) is 12.5. The van der Waals surface area contributed by atoms with E-state index in [1.807, 2.05) is 36.5 Å². The molecule has 0 radical (unpaired) electrons. The number of hydrogen-bond acceptors (Lipinski definition) is 5. The zero-order chi connectivity index (χ0) is 20.4. The molecule has 152 valence electrons. The fraction of sp³-hybridized carbons (Fsp3) is 0.250. The Balaban J connectivity index is 1.39. The normalized spacial score (nSPS) is 16.2. The maximum Gasteiger partial charge on any atom is 0.246 e. The molecule has 2 aromatic carbocycles. The van der Waals surface area contributed by atoms with Crippen LogP contribution in [0.25, 0.3) is 10.6 Å². The van der Waals surface area contributed by atoms with Crippen molar-refractivity contribution < 1.29 is 17.2 Å². The van der Waals surface area contributed by atoms with Crippen molar-refractivity contribution in [1.82, 2.24) is 14.2 Å². The molecule has 0 amide bonds. The Labute approximate surface area is 172 Å². The van der Waals surface area contributed by atoms with Gasteiger partial charge in [-0.25, -0.2) is 22.2 Å². The number of aromatic nitrogens is 1. The summed E-state index contributed by atoms with van der Waals surface area (Å²) in [7, 11) is -3.98. The minimum absolute atomic E-state index is 0.253. The van der Waals surface area contributed by atoms with Crippen LogP contribution >= 0.6 is 11.3 Å². The molecule has 0 aliphatic carbocycles. The molecule has 1 aliphatic rings. The molecule has 0 bridgehead atoms. The van der Waals surface area contributed by atoms with Crippen LogP contribution in [0.2, 0.25) is 0 Å². The van der Waals surface area contributed by atoms with Gasteiger partial charge >= 0.3 is 0 Å². The number of nitrogens with zero attached hydrogens (tertiary/aromatic N) is 3. The van der Waals surface area contributed by atoms with Crippen LogP contribution in [0.15, 0.2) is 59.6 Å². The number of rotatable bonds is 5. The van der Waals surface area contributed by atoms with Crippen LogP contribution in [-0.2, 0) is 16.6 Å². The standard InChI is InChI=1S/C20H19F2N3O2S2/c21-16-6-7-19(18(22)12-16)29(26,27)25-10-8-24(9-11-25)14-17-13-23-20(28-17)15-4-2-1-3-5-15/h1-7,12-13H,8-11,14H2. The lowest BCUT2D eigenvalue weighted by Gasteiger charge is -2.33. The summed E-state index contributed by atoms with van der Waals surface area (Å²) in [6.07, 6.45) is 1.85. The highest BCUT2D eigenvalue weighted by Gasteiger charge is 2.30. The summed E-state index contributed by atoms with van der Waals surface area (Å²) in [5.41, 5.74) is 1.07. The minimum Gasteiger partial charge on any atom is -0.296 e. The average molecular weight is 436 g/mol. The van der Waals surface area contributed by atoms with Crippen LogP contribution in [0.4, 0.5) is 8.78 Å². The molecular weight excluding hydrogens is 416 g/mol. The number of halogens is 2. The van der Waals surface area contributed by atoms with E-state index in [1.54, 1.807) is 11.3 Å². The van der Waals surface area contributed by atoms with Crippen LogP contribution < -0.4 is 0 Å². The third-order valence-electron chi connectivity index (χ3n) is 4.80. The average Bonchev–Trinajstić information content (AvgIpc) is 3.17. The summed E-state index contributed by atoms with van der Waals surface area (Å²) in [5.74, 6) is -1.86. The minimum atomic E-state index is -3.98. The predicted molar refractivity (Wildman–Crippen MR) is 108 cm³/mol. The van der Waals surface area contributed by atoms with E-state index in [2.05, 4.69) is 9.88 Å². The van der Waals surface area contributed by atoms with E-state index < -0.39 is 26.6 Å². The Bertz CT molecular complexity index is 1100. The van der Waals surface area contributed by atoms with Crippen molar-refractivity contribution in [3.63, 3.8) is 0 Å². The van der Waals surface area contributed by atoms with Gasteiger partial charge in [-0.1, -0.05) is 30.3 Å². The van der Waals surface area contributed by atoms with Crippen molar-refractivity contribution in [3.05, 3.63) is 71.2 Å². The van der Waals surface area contributed by atoms with Gasteiger partial charge in [-0.3, -0.25) is 4.90 Å². The lowest BCUT2D eigenvalue weighted by Crippen LogP contribution is -2.48. The van der Waals surface area contributed by atoms with Crippen LogP contribution in [0, 0.1) is 11.6 Å². The van der Waals surface area contributed by atoms with Gasteiger partial charge in [-0.15, -0.1) is 11.3 Å². The Kier molecular flexibility index (Phi) is 5.73. The molecule has 2 heterocycles. The molecule has 4 rings (SSSR count). The molecule has 1 aromatic heterocycles. The quantitative estimate of drug-likeness (QED) is 0.615. The van der Waals surface area contributed by atoms with Crippen molar-refractivity contribution >= 4 is 21.4 Å². The largest absolute Gasteiger partial charge is 0.296 e. The first kappa shape index (κ1) is 20.1. The third kappa shape index (κ3) is 4.37. The number of piperazine rings is 1. The second kappa shape index (κ2) is 8.27. The number of hydrogen-bond donors (Lipinski definition) is 0. The van der Waals surface area contributed by atoms with Crippen LogP contribution in [0.3, 0.4) is 0 Å². The predicted octanol–water partition coefficient (Wildman–Crippen LogP) is 3.59. The van der Waals surface area contributed by atoms with Gasteiger partial charge in [0.15, 0.2) is 0 Å². The number of sulfonamides is 1. The molecule has 29 heavy (non-hydrogen) atoms. The van der Waals surface area contributed by atoms with Crippen molar-refractivity contribution in [2.24, 2.45) is 0 Å². The van der Waals surface area contributed by atoms with E-state index >= 15 is 0 Å². The monoisotopic (exact) mass is 435 g/mol.